The van der Waals surface area contributed by atoms with Gasteiger partial charge in [-0.3, -0.25) is 9.59 Å². The molecule has 0 aliphatic carbocycles. The van der Waals surface area contributed by atoms with E-state index in [2.05, 4.69) is 45.1 Å². The molecule has 5 nitrogen and oxygen atoms in total. The number of hydrogen-bond donors (Lipinski definition) is 0. The molecule has 294 valence electrons. The number of ether oxygens (including phenoxy) is 3. The number of carbonyl (C=O) groups excluding carboxylic acids is 2. The molecule has 0 heterocycles. The largest absolute Gasteiger partial charge is 0.462 e. The van der Waals surface area contributed by atoms with Gasteiger partial charge in [0.15, 0.2) is 6.10 Å². The number of allylic oxidation sites excluding steroid dienone is 4. The van der Waals surface area contributed by atoms with Crippen LogP contribution in [-0.2, 0) is 23.8 Å². The third-order valence-electron chi connectivity index (χ3n) is 9.49. The monoisotopic (exact) mass is 705 g/mol. The van der Waals surface area contributed by atoms with E-state index in [4.69, 9.17) is 14.2 Å². The summed E-state index contributed by atoms with van der Waals surface area (Å²) < 4.78 is 17.2. The van der Waals surface area contributed by atoms with Crippen LogP contribution in [0.2, 0.25) is 0 Å². The number of carbonyl (C=O) groups is 2. The van der Waals surface area contributed by atoms with Crippen molar-refractivity contribution >= 4 is 11.9 Å². The minimum atomic E-state index is -0.527. The van der Waals surface area contributed by atoms with Crippen LogP contribution >= 0.6 is 0 Å². The predicted molar refractivity (Wildman–Crippen MR) is 215 cm³/mol. The minimum Gasteiger partial charge on any atom is -0.462 e. The maximum Gasteiger partial charge on any atom is 0.306 e. The van der Waals surface area contributed by atoms with Gasteiger partial charge in [-0.2, -0.15) is 0 Å². The Balaban J connectivity index is 4.09. The molecule has 50 heavy (non-hydrogen) atoms. The maximum atomic E-state index is 12.6. The van der Waals surface area contributed by atoms with Crippen LogP contribution in [0.1, 0.15) is 226 Å². The van der Waals surface area contributed by atoms with Gasteiger partial charge < -0.3 is 14.2 Å². The molecule has 0 bridgehead atoms. The van der Waals surface area contributed by atoms with E-state index in [0.717, 1.165) is 51.4 Å². The number of esters is 2. The smallest absolute Gasteiger partial charge is 0.306 e. The molecule has 0 N–H and O–H groups in total. The summed E-state index contributed by atoms with van der Waals surface area (Å²) in [6.07, 6.45) is 46.0. The van der Waals surface area contributed by atoms with Crippen LogP contribution in [-0.4, -0.2) is 37.9 Å². The zero-order chi connectivity index (χ0) is 36.4. The van der Waals surface area contributed by atoms with Gasteiger partial charge in [0.25, 0.3) is 0 Å². The number of unbranched alkanes of at least 4 members (excludes halogenated alkanes) is 25. The van der Waals surface area contributed by atoms with Crippen molar-refractivity contribution in [1.29, 1.82) is 0 Å². The van der Waals surface area contributed by atoms with Crippen LogP contribution in [0.4, 0.5) is 0 Å². The Hall–Kier alpha value is -1.62. The molecule has 0 aromatic rings. The summed E-state index contributed by atoms with van der Waals surface area (Å²) in [6, 6.07) is 0. The lowest BCUT2D eigenvalue weighted by Crippen LogP contribution is -2.30. The summed E-state index contributed by atoms with van der Waals surface area (Å²) >= 11 is 0. The van der Waals surface area contributed by atoms with E-state index in [1.807, 2.05) is 0 Å². The van der Waals surface area contributed by atoms with Crippen molar-refractivity contribution in [3.05, 3.63) is 24.3 Å². The number of rotatable bonds is 40. The molecule has 0 radical (unpaired) electrons. The molecule has 1 atom stereocenters. The van der Waals surface area contributed by atoms with Crippen molar-refractivity contribution in [2.75, 3.05) is 19.8 Å². The number of hydrogen-bond acceptors (Lipinski definition) is 5. The quantitative estimate of drug-likeness (QED) is 0.0361. The van der Waals surface area contributed by atoms with E-state index in [9.17, 15) is 9.59 Å². The molecule has 0 saturated carbocycles. The second-order valence-electron chi connectivity index (χ2n) is 14.6. The van der Waals surface area contributed by atoms with E-state index < -0.39 is 6.10 Å². The summed E-state index contributed by atoms with van der Waals surface area (Å²) in [5.41, 5.74) is 0. The highest BCUT2D eigenvalue weighted by molar-refractivity contribution is 5.70. The molecule has 0 aliphatic heterocycles. The molecular weight excluding hydrogens is 620 g/mol. The molecule has 0 amide bonds. The fourth-order valence-corrected chi connectivity index (χ4v) is 6.19. The first kappa shape index (κ1) is 48.4. The second-order valence-corrected chi connectivity index (χ2v) is 14.6. The van der Waals surface area contributed by atoms with Crippen molar-refractivity contribution in [3.8, 4) is 0 Å². The molecule has 1 unspecified atom stereocenters. The van der Waals surface area contributed by atoms with E-state index in [-0.39, 0.29) is 25.2 Å². The first-order valence-electron chi connectivity index (χ1n) is 21.9. The first-order chi connectivity index (χ1) is 24.6. The van der Waals surface area contributed by atoms with Gasteiger partial charge in [-0.05, 0) is 51.4 Å². The van der Waals surface area contributed by atoms with Gasteiger partial charge in [-0.25, -0.2) is 0 Å². The summed E-state index contributed by atoms with van der Waals surface area (Å²) in [5.74, 6) is -0.401. The lowest BCUT2D eigenvalue weighted by molar-refractivity contribution is -0.163. The Morgan fingerprint density at radius 3 is 1.36 bits per heavy atom. The Labute approximate surface area is 311 Å². The Kier molecular flexibility index (Phi) is 40.4. The van der Waals surface area contributed by atoms with Gasteiger partial charge >= 0.3 is 11.9 Å². The normalized spacial score (nSPS) is 12.3. The molecule has 0 rings (SSSR count). The Morgan fingerprint density at radius 2 is 0.840 bits per heavy atom. The molecule has 5 heteroatoms. The molecule has 0 aliphatic rings. The average molecular weight is 705 g/mol. The summed E-state index contributed by atoms with van der Waals surface area (Å²) in [4.78, 5) is 25.1. The molecule has 0 aromatic heterocycles. The van der Waals surface area contributed by atoms with E-state index in [1.165, 1.54) is 141 Å². The molecule has 0 saturated heterocycles. The van der Waals surface area contributed by atoms with Gasteiger partial charge in [0.05, 0.1) is 6.61 Å². The maximum absolute atomic E-state index is 12.6. The highest BCUT2D eigenvalue weighted by atomic mass is 16.6. The van der Waals surface area contributed by atoms with Crippen molar-refractivity contribution in [2.45, 2.75) is 232 Å². The Morgan fingerprint density at radius 1 is 0.440 bits per heavy atom. The lowest BCUT2D eigenvalue weighted by Gasteiger charge is -2.18. The van der Waals surface area contributed by atoms with Crippen molar-refractivity contribution in [3.63, 3.8) is 0 Å². The second kappa shape index (κ2) is 41.8. The molecular formula is C45H84O5. The van der Waals surface area contributed by atoms with Crippen LogP contribution in [0, 0.1) is 0 Å². The summed E-state index contributed by atoms with van der Waals surface area (Å²) in [5, 5.41) is 0. The van der Waals surface area contributed by atoms with Crippen LogP contribution in [0.3, 0.4) is 0 Å². The summed E-state index contributed by atoms with van der Waals surface area (Å²) in [6.45, 7) is 7.77. The predicted octanol–water partition coefficient (Wildman–Crippen LogP) is 14.1. The zero-order valence-electron chi connectivity index (χ0n) is 33.7. The SMILES string of the molecule is CCCCC/C=C\C/C=C\CCCCCCCCCC(=O)OCC(COCCCCCCCC)OC(=O)CCCCCCCCCCCCC. The van der Waals surface area contributed by atoms with Crippen LogP contribution in [0.25, 0.3) is 0 Å². The van der Waals surface area contributed by atoms with Crippen LogP contribution in [0.5, 0.6) is 0 Å². The van der Waals surface area contributed by atoms with Crippen molar-refractivity contribution in [2.24, 2.45) is 0 Å². The standard InChI is InChI=1S/C45H84O5/c1-4-7-10-13-16-18-20-21-22-23-24-25-27-28-30-32-35-38-44(46)49-42-43(41-48-40-37-34-15-12-9-6-3)50-45(47)39-36-33-31-29-26-19-17-14-11-8-5-2/h16,18,21-22,43H,4-15,17,19-20,23-42H2,1-3H3/b18-16-,22-21-. The van der Waals surface area contributed by atoms with Gasteiger partial charge in [0.1, 0.15) is 6.61 Å². The van der Waals surface area contributed by atoms with E-state index >= 15 is 0 Å². The molecule has 0 aromatic carbocycles. The van der Waals surface area contributed by atoms with Crippen molar-refractivity contribution in [1.82, 2.24) is 0 Å². The van der Waals surface area contributed by atoms with Crippen LogP contribution in [0.15, 0.2) is 24.3 Å². The lowest BCUT2D eigenvalue weighted by atomic mass is 10.1. The average Bonchev–Trinajstić information content (AvgIpc) is 3.11. The minimum absolute atomic E-state index is 0.0863. The summed E-state index contributed by atoms with van der Waals surface area (Å²) in [7, 11) is 0. The Bertz CT molecular complexity index is 761. The topological polar surface area (TPSA) is 61.8 Å². The first-order valence-corrected chi connectivity index (χ1v) is 21.9. The van der Waals surface area contributed by atoms with Crippen LogP contribution < -0.4 is 0 Å². The van der Waals surface area contributed by atoms with E-state index in [1.54, 1.807) is 0 Å². The van der Waals surface area contributed by atoms with Gasteiger partial charge in [-0.15, -0.1) is 0 Å². The van der Waals surface area contributed by atoms with Crippen molar-refractivity contribution < 1.29 is 23.8 Å². The highest BCUT2D eigenvalue weighted by Gasteiger charge is 2.17. The third kappa shape index (κ3) is 39.2. The van der Waals surface area contributed by atoms with Gasteiger partial charge in [-0.1, -0.05) is 186 Å². The van der Waals surface area contributed by atoms with Gasteiger partial charge in [0, 0.05) is 19.4 Å². The third-order valence-corrected chi connectivity index (χ3v) is 9.49. The fourth-order valence-electron chi connectivity index (χ4n) is 6.19. The van der Waals surface area contributed by atoms with Gasteiger partial charge in [0.2, 0.25) is 0 Å². The highest BCUT2D eigenvalue weighted by Crippen LogP contribution is 2.14. The zero-order valence-corrected chi connectivity index (χ0v) is 33.7. The molecule has 0 spiro atoms. The van der Waals surface area contributed by atoms with E-state index in [0.29, 0.717) is 19.4 Å². The molecule has 0 fully saturated rings. The fraction of sp³-hybridized carbons (Fsp3) is 0.867.